The Balaban J connectivity index is 2.18. The van der Waals surface area contributed by atoms with Crippen molar-refractivity contribution in [3.8, 4) is 0 Å². The third-order valence-corrected chi connectivity index (χ3v) is 5.39. The maximum absolute atomic E-state index is 12.0. The highest BCUT2D eigenvalue weighted by Crippen LogP contribution is 2.36. The molecule has 2 aromatic rings. The Morgan fingerprint density at radius 3 is 2.80 bits per heavy atom. The van der Waals surface area contributed by atoms with Gasteiger partial charge in [-0.3, -0.25) is 14.8 Å². The molecule has 0 aliphatic rings. The van der Waals surface area contributed by atoms with Gasteiger partial charge in [-0.2, -0.15) is 5.10 Å². The summed E-state index contributed by atoms with van der Waals surface area (Å²) in [5.41, 5.74) is -0.437. The van der Waals surface area contributed by atoms with E-state index < -0.39 is 20.6 Å². The van der Waals surface area contributed by atoms with E-state index in [-0.39, 0.29) is 20.9 Å². The van der Waals surface area contributed by atoms with Gasteiger partial charge in [0.15, 0.2) is 10.2 Å². The average molecular weight is 338 g/mol. The Kier molecular flexibility index (Phi) is 4.04. The summed E-state index contributed by atoms with van der Waals surface area (Å²) in [4.78, 5) is 13.8. The van der Waals surface area contributed by atoms with Gasteiger partial charge in [0.2, 0.25) is 0 Å². The molecule has 0 bridgehead atoms. The molecule has 0 aliphatic heterocycles. The molecule has 0 spiro atoms. The van der Waals surface area contributed by atoms with Crippen molar-refractivity contribution >= 4 is 38.6 Å². The molecule has 2 rings (SSSR count). The number of sulfonamides is 1. The van der Waals surface area contributed by atoms with Crippen LogP contribution in [0.5, 0.6) is 0 Å². The van der Waals surface area contributed by atoms with E-state index in [0.717, 1.165) is 6.07 Å². The van der Waals surface area contributed by atoms with Gasteiger partial charge in [-0.15, -0.1) is 11.3 Å². The van der Waals surface area contributed by atoms with E-state index >= 15 is 0 Å². The zero-order valence-electron chi connectivity index (χ0n) is 9.98. The summed E-state index contributed by atoms with van der Waals surface area (Å²) in [5, 5.41) is 14.5. The lowest BCUT2D eigenvalue weighted by Crippen LogP contribution is -2.23. The zero-order valence-corrected chi connectivity index (χ0v) is 12.4. The third-order valence-electron chi connectivity index (χ3n) is 2.18. The minimum atomic E-state index is -3.89. The van der Waals surface area contributed by atoms with E-state index in [4.69, 9.17) is 11.6 Å². The molecule has 0 aromatic carbocycles. The number of nitrogens with one attached hydrogen (secondary N) is 1. The van der Waals surface area contributed by atoms with Crippen LogP contribution in [0.4, 0.5) is 5.69 Å². The number of hydrogen-bond acceptors (Lipinski definition) is 7. The standard InChI is InChI=1S/C8H8ClN5O4S2/c1-13-4-10-6(12-13)3-11-20(17,18)7-2-5(14(15)16)8(9)19-7/h2,4,11H,3H2,1H3. The fourth-order valence-corrected chi connectivity index (χ4v) is 3.98. The normalized spacial score (nSPS) is 11.7. The number of nitrogens with zero attached hydrogens (tertiary/aromatic N) is 4. The monoisotopic (exact) mass is 337 g/mol. The Morgan fingerprint density at radius 2 is 2.30 bits per heavy atom. The van der Waals surface area contributed by atoms with Crippen LogP contribution in [-0.4, -0.2) is 28.1 Å². The van der Waals surface area contributed by atoms with E-state index in [9.17, 15) is 18.5 Å². The first kappa shape index (κ1) is 14.8. The van der Waals surface area contributed by atoms with Gasteiger partial charge in [-0.05, 0) is 0 Å². The second-order valence-electron chi connectivity index (χ2n) is 3.64. The van der Waals surface area contributed by atoms with Gasteiger partial charge in [0.05, 0.1) is 11.5 Å². The molecule has 1 N–H and O–H groups in total. The maximum Gasteiger partial charge on any atom is 0.300 e. The minimum Gasteiger partial charge on any atom is -0.258 e. The minimum absolute atomic E-state index is 0.119. The van der Waals surface area contributed by atoms with Crippen LogP contribution < -0.4 is 4.72 Å². The van der Waals surface area contributed by atoms with Crippen LogP contribution in [0.3, 0.4) is 0 Å². The first-order valence-electron chi connectivity index (χ1n) is 5.07. The molecule has 20 heavy (non-hydrogen) atoms. The highest BCUT2D eigenvalue weighted by atomic mass is 35.5. The highest BCUT2D eigenvalue weighted by molar-refractivity contribution is 7.91. The lowest BCUT2D eigenvalue weighted by atomic mass is 10.6. The quantitative estimate of drug-likeness (QED) is 0.639. The van der Waals surface area contributed by atoms with Gasteiger partial charge in [0.1, 0.15) is 10.5 Å². The molecule has 0 saturated heterocycles. The molecule has 0 radical (unpaired) electrons. The number of rotatable bonds is 5. The van der Waals surface area contributed by atoms with E-state index in [0.29, 0.717) is 11.3 Å². The second kappa shape index (κ2) is 5.44. The number of aryl methyl sites for hydroxylation is 1. The molecule has 0 amide bonds. The second-order valence-corrected chi connectivity index (χ2v) is 7.29. The lowest BCUT2D eigenvalue weighted by molar-refractivity contribution is -0.384. The molecule has 0 saturated carbocycles. The number of aromatic nitrogens is 3. The summed E-state index contributed by atoms with van der Waals surface area (Å²) < 4.78 is 27.2. The lowest BCUT2D eigenvalue weighted by Gasteiger charge is -2.00. The fourth-order valence-electron chi connectivity index (χ4n) is 1.29. The number of halogens is 1. The number of nitro groups is 1. The maximum atomic E-state index is 12.0. The largest absolute Gasteiger partial charge is 0.300 e. The molecular weight excluding hydrogens is 330 g/mol. The van der Waals surface area contributed by atoms with Crippen molar-refractivity contribution < 1.29 is 13.3 Å². The smallest absolute Gasteiger partial charge is 0.258 e. The average Bonchev–Trinajstić information content (AvgIpc) is 2.93. The first-order valence-corrected chi connectivity index (χ1v) is 7.75. The van der Waals surface area contributed by atoms with Crippen LogP contribution in [-0.2, 0) is 23.6 Å². The first-order chi connectivity index (χ1) is 9.29. The van der Waals surface area contributed by atoms with Gasteiger partial charge >= 0.3 is 0 Å². The molecule has 0 atom stereocenters. The van der Waals surface area contributed by atoms with Crippen molar-refractivity contribution in [2.45, 2.75) is 10.8 Å². The summed E-state index contributed by atoms with van der Waals surface area (Å²) in [7, 11) is -2.25. The van der Waals surface area contributed by atoms with Crippen LogP contribution in [0.25, 0.3) is 0 Å². The zero-order chi connectivity index (χ0) is 14.9. The summed E-state index contributed by atoms with van der Waals surface area (Å²) in [6.07, 6.45) is 1.43. The molecule has 2 heterocycles. The summed E-state index contributed by atoms with van der Waals surface area (Å²) in [6, 6.07) is 0.918. The number of thiophene rings is 1. The van der Waals surface area contributed by atoms with Gasteiger partial charge in [0, 0.05) is 13.1 Å². The molecule has 9 nitrogen and oxygen atoms in total. The Morgan fingerprint density at radius 1 is 1.60 bits per heavy atom. The summed E-state index contributed by atoms with van der Waals surface area (Å²) in [6.45, 7) is -0.119. The van der Waals surface area contributed by atoms with Crippen molar-refractivity contribution in [3.05, 3.63) is 32.7 Å². The molecule has 2 aromatic heterocycles. The van der Waals surface area contributed by atoms with E-state index in [2.05, 4.69) is 14.8 Å². The van der Waals surface area contributed by atoms with Gasteiger partial charge in [-0.25, -0.2) is 18.1 Å². The Hall–Kier alpha value is -1.56. The summed E-state index contributed by atoms with van der Waals surface area (Å²) >= 11 is 6.24. The topological polar surface area (TPSA) is 120 Å². The van der Waals surface area contributed by atoms with Crippen LogP contribution in [0, 0.1) is 10.1 Å². The van der Waals surface area contributed by atoms with Crippen molar-refractivity contribution in [3.63, 3.8) is 0 Å². The SMILES string of the molecule is Cn1cnc(CNS(=O)(=O)c2cc([N+](=O)[O-])c(Cl)s2)n1. The molecule has 12 heteroatoms. The Bertz CT molecular complexity index is 753. The molecule has 0 fully saturated rings. The molecule has 0 aliphatic carbocycles. The predicted molar refractivity (Wildman–Crippen MR) is 71.0 cm³/mol. The van der Waals surface area contributed by atoms with Gasteiger partial charge in [0.25, 0.3) is 15.7 Å². The van der Waals surface area contributed by atoms with E-state index in [1.807, 2.05) is 0 Å². The van der Waals surface area contributed by atoms with Crippen LogP contribution in [0.2, 0.25) is 4.34 Å². The van der Waals surface area contributed by atoms with Gasteiger partial charge < -0.3 is 0 Å². The van der Waals surface area contributed by atoms with Crippen molar-refractivity contribution in [2.75, 3.05) is 0 Å². The predicted octanol–water partition coefficient (Wildman–Crippen LogP) is 0.917. The molecule has 108 valence electrons. The molecular formula is C8H8ClN5O4S2. The van der Waals surface area contributed by atoms with Gasteiger partial charge in [-0.1, -0.05) is 11.6 Å². The fraction of sp³-hybridized carbons (Fsp3) is 0.250. The Labute approximate surface area is 122 Å². The van der Waals surface area contributed by atoms with Crippen LogP contribution in [0.15, 0.2) is 16.6 Å². The molecule has 0 unspecified atom stereocenters. The van der Waals surface area contributed by atoms with Crippen molar-refractivity contribution in [2.24, 2.45) is 7.05 Å². The highest BCUT2D eigenvalue weighted by Gasteiger charge is 2.25. The van der Waals surface area contributed by atoms with E-state index in [1.54, 1.807) is 7.05 Å². The van der Waals surface area contributed by atoms with Crippen molar-refractivity contribution in [1.29, 1.82) is 0 Å². The number of hydrogen-bond donors (Lipinski definition) is 1. The van der Waals surface area contributed by atoms with Crippen LogP contribution in [0.1, 0.15) is 5.82 Å². The van der Waals surface area contributed by atoms with E-state index in [1.165, 1.54) is 11.0 Å². The van der Waals surface area contributed by atoms with Crippen LogP contribution >= 0.6 is 22.9 Å². The van der Waals surface area contributed by atoms with Crippen molar-refractivity contribution in [1.82, 2.24) is 19.5 Å². The third kappa shape index (κ3) is 3.12. The summed E-state index contributed by atoms with van der Waals surface area (Å²) in [5.74, 6) is 0.285.